The molecule has 2 heterocycles. The Morgan fingerprint density at radius 2 is 1.86 bits per heavy atom. The number of nitrogens with zero attached hydrogens (tertiary/aromatic N) is 4. The molecule has 5 aromatic rings. The van der Waals surface area contributed by atoms with Gasteiger partial charge < -0.3 is 4.57 Å². The lowest BCUT2D eigenvalue weighted by Crippen LogP contribution is -2.30. The van der Waals surface area contributed by atoms with Crippen LogP contribution in [0.1, 0.15) is 11.1 Å². The second-order valence-corrected chi connectivity index (χ2v) is 9.67. The van der Waals surface area contributed by atoms with E-state index in [4.69, 9.17) is 11.6 Å². The minimum atomic E-state index is -0.417. The zero-order valence-electron chi connectivity index (χ0n) is 18.4. The van der Waals surface area contributed by atoms with Crippen LogP contribution in [0.4, 0.5) is 0 Å². The molecule has 2 aromatic heterocycles. The van der Waals surface area contributed by atoms with Gasteiger partial charge in [-0.2, -0.15) is 5.10 Å². The molecule has 5 rings (SSSR count). The number of benzene rings is 3. The molecule has 7 nitrogen and oxygen atoms in total. The third-order valence-electron chi connectivity index (χ3n) is 5.58. The average molecular weight is 596 g/mol. The van der Waals surface area contributed by atoms with E-state index in [-0.39, 0.29) is 12.1 Å². The van der Waals surface area contributed by atoms with Crippen molar-refractivity contribution in [2.24, 2.45) is 5.10 Å². The highest BCUT2D eigenvalue weighted by atomic mass is 127. The van der Waals surface area contributed by atoms with Gasteiger partial charge in [0.2, 0.25) is 0 Å². The first kappa shape index (κ1) is 23.3. The van der Waals surface area contributed by atoms with Crippen molar-refractivity contribution in [2.45, 2.75) is 13.1 Å². The quantitative estimate of drug-likeness (QED) is 0.174. The van der Waals surface area contributed by atoms with Crippen molar-refractivity contribution in [3.63, 3.8) is 0 Å². The first-order valence-electron chi connectivity index (χ1n) is 10.8. The van der Waals surface area contributed by atoms with Crippen LogP contribution in [0.25, 0.3) is 21.8 Å². The minimum absolute atomic E-state index is 0.178. The molecule has 0 unspecified atom stereocenters. The predicted molar refractivity (Wildman–Crippen MR) is 147 cm³/mol. The van der Waals surface area contributed by atoms with Crippen LogP contribution in [-0.4, -0.2) is 26.2 Å². The summed E-state index contributed by atoms with van der Waals surface area (Å²) in [4.78, 5) is 29.5. The van der Waals surface area contributed by atoms with E-state index in [1.54, 1.807) is 18.3 Å². The summed E-state index contributed by atoms with van der Waals surface area (Å²) in [6, 6.07) is 21.2. The van der Waals surface area contributed by atoms with E-state index in [1.165, 1.54) is 10.9 Å². The van der Waals surface area contributed by atoms with Crippen molar-refractivity contribution in [2.75, 3.05) is 0 Å². The summed E-state index contributed by atoms with van der Waals surface area (Å²) in [6.07, 6.45) is 4.99. The normalized spacial score (nSPS) is 11.5. The number of carbonyl (C=O) groups is 1. The van der Waals surface area contributed by atoms with Crippen LogP contribution in [0.15, 0.2) is 89.2 Å². The van der Waals surface area contributed by atoms with Crippen molar-refractivity contribution < 1.29 is 4.79 Å². The lowest BCUT2D eigenvalue weighted by molar-refractivity contribution is -0.121. The van der Waals surface area contributed by atoms with E-state index < -0.39 is 5.91 Å². The van der Waals surface area contributed by atoms with Gasteiger partial charge in [-0.25, -0.2) is 10.4 Å². The van der Waals surface area contributed by atoms with Gasteiger partial charge in [0, 0.05) is 37.8 Å². The van der Waals surface area contributed by atoms with Crippen LogP contribution in [0.3, 0.4) is 0 Å². The van der Waals surface area contributed by atoms with E-state index in [0.29, 0.717) is 22.5 Å². The molecular weight excluding hydrogens is 577 g/mol. The summed E-state index contributed by atoms with van der Waals surface area (Å²) < 4.78 is 4.33. The minimum Gasteiger partial charge on any atom is -0.342 e. The zero-order valence-corrected chi connectivity index (χ0v) is 21.3. The molecule has 35 heavy (non-hydrogen) atoms. The lowest BCUT2D eigenvalue weighted by Gasteiger charge is -2.05. The Bertz CT molecular complexity index is 1640. The number of amides is 1. The van der Waals surface area contributed by atoms with Gasteiger partial charge in [-0.3, -0.25) is 14.2 Å². The van der Waals surface area contributed by atoms with Crippen LogP contribution in [0.2, 0.25) is 5.02 Å². The van der Waals surface area contributed by atoms with Gasteiger partial charge in [0.25, 0.3) is 11.5 Å². The van der Waals surface area contributed by atoms with E-state index in [2.05, 4.69) is 42.7 Å². The summed E-state index contributed by atoms with van der Waals surface area (Å²) in [5.41, 5.74) is 5.89. The summed E-state index contributed by atoms with van der Waals surface area (Å²) in [7, 11) is 0. The molecule has 0 aliphatic heterocycles. The number of hydrogen-bond donors (Lipinski definition) is 1. The Kier molecular flexibility index (Phi) is 6.65. The molecule has 1 amide bonds. The maximum absolute atomic E-state index is 12.7. The Hall–Kier alpha value is -3.50. The lowest BCUT2D eigenvalue weighted by atomic mass is 10.2. The van der Waals surface area contributed by atoms with Gasteiger partial charge >= 0.3 is 0 Å². The van der Waals surface area contributed by atoms with Crippen molar-refractivity contribution in [3.05, 3.63) is 109 Å². The zero-order chi connectivity index (χ0) is 24.4. The van der Waals surface area contributed by atoms with Gasteiger partial charge in [0.15, 0.2) is 0 Å². The number of rotatable bonds is 6. The van der Waals surface area contributed by atoms with E-state index in [0.717, 1.165) is 25.6 Å². The van der Waals surface area contributed by atoms with Gasteiger partial charge in [-0.15, -0.1) is 0 Å². The highest BCUT2D eigenvalue weighted by Crippen LogP contribution is 2.22. The second-order valence-electron chi connectivity index (χ2n) is 7.99. The van der Waals surface area contributed by atoms with Gasteiger partial charge in [-0.1, -0.05) is 41.9 Å². The first-order chi connectivity index (χ1) is 17.0. The van der Waals surface area contributed by atoms with Gasteiger partial charge in [-0.05, 0) is 64.6 Å². The number of hydrazone groups is 1. The third-order valence-corrected chi connectivity index (χ3v) is 6.50. The Morgan fingerprint density at radius 1 is 1.06 bits per heavy atom. The molecule has 0 fully saturated rings. The number of fused-ring (bicyclic) bond motifs is 2. The maximum Gasteiger partial charge on any atom is 0.261 e. The Morgan fingerprint density at radius 3 is 2.69 bits per heavy atom. The Balaban J connectivity index is 1.32. The monoisotopic (exact) mass is 595 g/mol. The van der Waals surface area contributed by atoms with Gasteiger partial charge in [0.05, 0.1) is 23.4 Å². The fourth-order valence-corrected chi connectivity index (χ4v) is 4.52. The molecule has 0 atom stereocenters. The summed E-state index contributed by atoms with van der Waals surface area (Å²) in [5, 5.41) is 6.33. The predicted octanol–water partition coefficient (Wildman–Crippen LogP) is 4.81. The number of para-hydroxylation sites is 1. The SMILES string of the molecule is O=C(Cn1cnc2ccc(I)cc2c1=O)N/N=C/c1cn(Cc2ccc(Cl)cc2)c2ccccc12. The molecule has 3 aromatic carbocycles. The summed E-state index contributed by atoms with van der Waals surface area (Å²) in [6.45, 7) is 0.498. The van der Waals surface area contributed by atoms with E-state index in [1.807, 2.05) is 60.8 Å². The highest BCUT2D eigenvalue weighted by molar-refractivity contribution is 14.1. The van der Waals surface area contributed by atoms with Crippen LogP contribution >= 0.6 is 34.2 Å². The van der Waals surface area contributed by atoms with Crippen molar-refractivity contribution in [1.82, 2.24) is 19.5 Å². The van der Waals surface area contributed by atoms with Crippen molar-refractivity contribution in [3.8, 4) is 0 Å². The molecule has 0 aliphatic rings. The van der Waals surface area contributed by atoms with Crippen LogP contribution < -0.4 is 11.0 Å². The molecule has 0 saturated heterocycles. The number of hydrogen-bond acceptors (Lipinski definition) is 4. The standard InChI is InChI=1S/C26H19ClIN5O2/c27-19-7-5-17(6-8-19)13-32-14-18(21-3-1-2-4-24(21)32)12-30-31-25(34)15-33-16-29-23-10-9-20(28)11-22(23)26(33)35/h1-12,14,16H,13,15H2,(H,31,34)/b30-12+. The summed E-state index contributed by atoms with van der Waals surface area (Å²) in [5.74, 6) is -0.417. The fourth-order valence-electron chi connectivity index (χ4n) is 3.90. The maximum atomic E-state index is 12.7. The molecule has 0 spiro atoms. The highest BCUT2D eigenvalue weighted by Gasteiger charge is 2.10. The average Bonchev–Trinajstić information content (AvgIpc) is 3.20. The molecule has 0 saturated carbocycles. The third kappa shape index (κ3) is 5.13. The van der Waals surface area contributed by atoms with Crippen LogP contribution in [0, 0.1) is 3.57 Å². The molecule has 0 radical (unpaired) electrons. The first-order valence-corrected chi connectivity index (χ1v) is 12.2. The van der Waals surface area contributed by atoms with E-state index >= 15 is 0 Å². The van der Waals surface area contributed by atoms with Crippen LogP contribution in [0.5, 0.6) is 0 Å². The molecular formula is C26H19ClIN5O2. The van der Waals surface area contributed by atoms with Crippen molar-refractivity contribution >= 4 is 68.1 Å². The molecule has 0 bridgehead atoms. The number of aromatic nitrogens is 3. The smallest absolute Gasteiger partial charge is 0.261 e. The topological polar surface area (TPSA) is 81.3 Å². The number of carbonyl (C=O) groups excluding carboxylic acids is 1. The molecule has 0 aliphatic carbocycles. The second kappa shape index (κ2) is 10.0. The van der Waals surface area contributed by atoms with E-state index in [9.17, 15) is 9.59 Å². The summed E-state index contributed by atoms with van der Waals surface area (Å²) >= 11 is 8.15. The van der Waals surface area contributed by atoms with Gasteiger partial charge in [0.1, 0.15) is 6.54 Å². The molecule has 1 N–H and O–H groups in total. The molecule has 174 valence electrons. The Labute approximate surface area is 219 Å². The van der Waals surface area contributed by atoms with Crippen LogP contribution in [-0.2, 0) is 17.9 Å². The largest absolute Gasteiger partial charge is 0.342 e. The number of halogens is 2. The fraction of sp³-hybridized carbons (Fsp3) is 0.0769. The molecule has 9 heteroatoms. The number of nitrogens with one attached hydrogen (secondary N) is 1. The van der Waals surface area contributed by atoms with Crippen molar-refractivity contribution in [1.29, 1.82) is 0 Å².